The Morgan fingerprint density at radius 1 is 1.56 bits per heavy atom. The van der Waals surface area contributed by atoms with Crippen LogP contribution in [0, 0.1) is 6.92 Å². The quantitative estimate of drug-likeness (QED) is 0.779. The molecule has 18 heavy (non-hydrogen) atoms. The maximum Gasteiger partial charge on any atom is 0.376 e. The molecule has 6 heteroatoms. The molecule has 2 rings (SSSR count). The Hall–Kier alpha value is -1.69. The standard InChI is InChI=1S/C12H18N4O2/c1-4-16(9-6-13-7-9)10-5-8(2)14-11(15-10)12(17)18-3/h5,9,13H,4,6-7H2,1-3H3. The molecule has 1 aromatic heterocycles. The van der Waals surface area contributed by atoms with Gasteiger partial charge in [0.15, 0.2) is 0 Å². The van der Waals surface area contributed by atoms with Crippen LogP contribution in [0.25, 0.3) is 0 Å². The van der Waals surface area contributed by atoms with Crippen molar-refractivity contribution in [2.75, 3.05) is 31.6 Å². The molecule has 1 fully saturated rings. The van der Waals surface area contributed by atoms with E-state index in [0.29, 0.717) is 6.04 Å². The molecule has 0 atom stereocenters. The summed E-state index contributed by atoms with van der Waals surface area (Å²) < 4.78 is 4.67. The smallest absolute Gasteiger partial charge is 0.376 e. The van der Waals surface area contributed by atoms with Gasteiger partial charge in [0.2, 0.25) is 5.82 Å². The topological polar surface area (TPSA) is 67.4 Å². The first-order chi connectivity index (χ1) is 8.65. The lowest BCUT2D eigenvalue weighted by Crippen LogP contribution is -2.57. The van der Waals surface area contributed by atoms with Crippen molar-refractivity contribution < 1.29 is 9.53 Å². The highest BCUT2D eigenvalue weighted by Crippen LogP contribution is 2.17. The van der Waals surface area contributed by atoms with Crippen LogP contribution in [0.4, 0.5) is 5.82 Å². The Morgan fingerprint density at radius 2 is 2.28 bits per heavy atom. The first-order valence-electron chi connectivity index (χ1n) is 6.07. The Balaban J connectivity index is 2.30. The summed E-state index contributed by atoms with van der Waals surface area (Å²) in [6.45, 7) is 6.68. The molecule has 2 heterocycles. The molecule has 1 aromatic rings. The lowest BCUT2D eigenvalue weighted by Gasteiger charge is -2.38. The van der Waals surface area contributed by atoms with Crippen LogP contribution in [0.1, 0.15) is 23.2 Å². The van der Waals surface area contributed by atoms with E-state index in [1.54, 1.807) is 0 Å². The van der Waals surface area contributed by atoms with Crippen molar-refractivity contribution in [1.82, 2.24) is 15.3 Å². The molecule has 6 nitrogen and oxygen atoms in total. The molecule has 0 bridgehead atoms. The number of carbonyl (C=O) groups excluding carboxylic acids is 1. The molecule has 1 N–H and O–H groups in total. The predicted molar refractivity (Wildman–Crippen MR) is 67.8 cm³/mol. The van der Waals surface area contributed by atoms with E-state index in [1.165, 1.54) is 7.11 Å². The van der Waals surface area contributed by atoms with Gasteiger partial charge >= 0.3 is 5.97 Å². The van der Waals surface area contributed by atoms with Crippen molar-refractivity contribution in [3.63, 3.8) is 0 Å². The molecule has 0 spiro atoms. The fourth-order valence-corrected chi connectivity index (χ4v) is 1.98. The first-order valence-corrected chi connectivity index (χ1v) is 6.07. The minimum absolute atomic E-state index is 0.123. The van der Waals surface area contributed by atoms with E-state index in [-0.39, 0.29) is 5.82 Å². The molecular formula is C12H18N4O2. The molecule has 0 saturated carbocycles. The van der Waals surface area contributed by atoms with Gasteiger partial charge in [-0.2, -0.15) is 0 Å². The van der Waals surface area contributed by atoms with Crippen LogP contribution in [-0.2, 0) is 4.74 Å². The minimum atomic E-state index is -0.497. The van der Waals surface area contributed by atoms with Crippen LogP contribution >= 0.6 is 0 Å². The summed E-state index contributed by atoms with van der Waals surface area (Å²) in [5.41, 5.74) is 0.770. The predicted octanol–water partition coefficient (Wildman–Crippen LogP) is 0.370. The number of esters is 1. The van der Waals surface area contributed by atoms with Gasteiger partial charge in [-0.05, 0) is 13.8 Å². The summed E-state index contributed by atoms with van der Waals surface area (Å²) in [6.07, 6.45) is 0. The zero-order valence-electron chi connectivity index (χ0n) is 10.9. The molecule has 1 aliphatic heterocycles. The number of aryl methyl sites for hydroxylation is 1. The Morgan fingerprint density at radius 3 is 2.78 bits per heavy atom. The number of aromatic nitrogens is 2. The molecule has 1 aliphatic rings. The van der Waals surface area contributed by atoms with Crippen LogP contribution in [0.3, 0.4) is 0 Å². The number of hydrogen-bond acceptors (Lipinski definition) is 6. The maximum atomic E-state index is 11.5. The number of hydrogen-bond donors (Lipinski definition) is 1. The average Bonchev–Trinajstić information content (AvgIpc) is 2.31. The third-order valence-electron chi connectivity index (χ3n) is 3.04. The number of rotatable bonds is 4. The normalized spacial score (nSPS) is 15.1. The van der Waals surface area contributed by atoms with E-state index in [0.717, 1.165) is 31.1 Å². The van der Waals surface area contributed by atoms with Gasteiger partial charge in [-0.25, -0.2) is 14.8 Å². The monoisotopic (exact) mass is 250 g/mol. The van der Waals surface area contributed by atoms with E-state index in [9.17, 15) is 4.79 Å². The first kappa shape index (κ1) is 12.8. The fourth-order valence-electron chi connectivity index (χ4n) is 1.98. The van der Waals surface area contributed by atoms with Gasteiger partial charge in [0.05, 0.1) is 13.2 Å². The van der Waals surface area contributed by atoms with Crippen LogP contribution in [0.2, 0.25) is 0 Å². The number of anilines is 1. The van der Waals surface area contributed by atoms with Gasteiger partial charge < -0.3 is 15.0 Å². The van der Waals surface area contributed by atoms with Gasteiger partial charge in [-0.3, -0.25) is 0 Å². The molecule has 0 radical (unpaired) electrons. The van der Waals surface area contributed by atoms with Crippen LogP contribution < -0.4 is 10.2 Å². The van der Waals surface area contributed by atoms with Crippen LogP contribution in [0.5, 0.6) is 0 Å². The van der Waals surface area contributed by atoms with E-state index in [1.807, 2.05) is 13.0 Å². The highest BCUT2D eigenvalue weighted by Gasteiger charge is 2.25. The number of carbonyl (C=O) groups is 1. The fraction of sp³-hybridized carbons (Fsp3) is 0.583. The van der Waals surface area contributed by atoms with Crippen molar-refractivity contribution in [3.8, 4) is 0 Å². The largest absolute Gasteiger partial charge is 0.463 e. The molecule has 0 aliphatic carbocycles. The number of nitrogens with zero attached hydrogens (tertiary/aromatic N) is 3. The molecule has 0 unspecified atom stereocenters. The number of ether oxygens (including phenoxy) is 1. The third-order valence-corrected chi connectivity index (χ3v) is 3.04. The van der Waals surface area contributed by atoms with E-state index < -0.39 is 5.97 Å². The molecule has 98 valence electrons. The lowest BCUT2D eigenvalue weighted by molar-refractivity contribution is 0.0586. The second kappa shape index (κ2) is 5.30. The Bertz CT molecular complexity index is 446. The summed E-state index contributed by atoms with van der Waals surface area (Å²) in [7, 11) is 1.33. The van der Waals surface area contributed by atoms with E-state index in [2.05, 4.69) is 31.8 Å². The van der Waals surface area contributed by atoms with Crippen molar-refractivity contribution in [2.45, 2.75) is 19.9 Å². The van der Waals surface area contributed by atoms with E-state index >= 15 is 0 Å². The van der Waals surface area contributed by atoms with Gasteiger partial charge in [0, 0.05) is 31.4 Å². The van der Waals surface area contributed by atoms with E-state index in [4.69, 9.17) is 0 Å². The summed E-state index contributed by atoms with van der Waals surface area (Å²) in [6, 6.07) is 2.34. The van der Waals surface area contributed by atoms with Gasteiger partial charge in [-0.1, -0.05) is 0 Å². The zero-order valence-corrected chi connectivity index (χ0v) is 10.9. The van der Waals surface area contributed by atoms with Crippen LogP contribution in [-0.4, -0.2) is 48.7 Å². The number of nitrogens with one attached hydrogen (secondary N) is 1. The summed E-state index contributed by atoms with van der Waals surface area (Å²) in [5, 5.41) is 3.23. The van der Waals surface area contributed by atoms with Crippen molar-refractivity contribution in [2.24, 2.45) is 0 Å². The molecule has 0 amide bonds. The Labute approximate surface area is 106 Å². The SMILES string of the molecule is CCN(c1cc(C)nc(C(=O)OC)n1)C1CNC1. The Kier molecular flexibility index (Phi) is 3.76. The summed E-state index contributed by atoms with van der Waals surface area (Å²) >= 11 is 0. The maximum absolute atomic E-state index is 11.5. The lowest BCUT2D eigenvalue weighted by atomic mass is 10.1. The van der Waals surface area contributed by atoms with Crippen molar-refractivity contribution in [1.29, 1.82) is 0 Å². The number of likely N-dealkylation sites (N-methyl/N-ethyl adjacent to an activating group) is 1. The third kappa shape index (κ3) is 2.43. The van der Waals surface area contributed by atoms with Crippen LogP contribution in [0.15, 0.2) is 6.07 Å². The second-order valence-corrected chi connectivity index (χ2v) is 4.28. The van der Waals surface area contributed by atoms with Gasteiger partial charge in [-0.15, -0.1) is 0 Å². The second-order valence-electron chi connectivity index (χ2n) is 4.28. The zero-order chi connectivity index (χ0) is 13.1. The molecular weight excluding hydrogens is 232 g/mol. The highest BCUT2D eigenvalue weighted by molar-refractivity contribution is 5.85. The highest BCUT2D eigenvalue weighted by atomic mass is 16.5. The number of methoxy groups -OCH3 is 1. The van der Waals surface area contributed by atoms with Gasteiger partial charge in [0.25, 0.3) is 0 Å². The van der Waals surface area contributed by atoms with Crippen molar-refractivity contribution >= 4 is 11.8 Å². The van der Waals surface area contributed by atoms with Gasteiger partial charge in [0.1, 0.15) is 5.82 Å². The minimum Gasteiger partial charge on any atom is -0.463 e. The van der Waals surface area contributed by atoms with Crippen molar-refractivity contribution in [3.05, 3.63) is 17.6 Å². The average molecular weight is 250 g/mol. The molecule has 0 aromatic carbocycles. The molecule has 1 saturated heterocycles. The summed E-state index contributed by atoms with van der Waals surface area (Å²) in [5.74, 6) is 0.415. The summed E-state index contributed by atoms with van der Waals surface area (Å²) in [4.78, 5) is 22.1.